The number of carboxylic acid groups (broad SMARTS) is 1. The van der Waals surface area contributed by atoms with Gasteiger partial charge in [0.25, 0.3) is 0 Å². The van der Waals surface area contributed by atoms with Crippen LogP contribution in [-0.2, 0) is 4.79 Å². The van der Waals surface area contributed by atoms with Gasteiger partial charge in [0.1, 0.15) is 17.5 Å². The van der Waals surface area contributed by atoms with Crippen LogP contribution >= 0.6 is 0 Å². The molecule has 0 amide bonds. The number of ether oxygens (including phenoxy) is 1. The van der Waals surface area contributed by atoms with Crippen molar-refractivity contribution in [1.82, 2.24) is 0 Å². The van der Waals surface area contributed by atoms with E-state index in [0.29, 0.717) is 12.4 Å². The van der Waals surface area contributed by atoms with E-state index in [1.54, 1.807) is 6.07 Å². The van der Waals surface area contributed by atoms with Gasteiger partial charge < -0.3 is 20.7 Å². The first-order valence-corrected chi connectivity index (χ1v) is 4.50. The SMILES string of the molecule is CCOc1ccc(O)c([C@H](N)C(=O)O)c1. The fourth-order valence-corrected chi connectivity index (χ4v) is 1.17. The Morgan fingerprint density at radius 1 is 1.60 bits per heavy atom. The van der Waals surface area contributed by atoms with E-state index in [1.807, 2.05) is 6.92 Å². The monoisotopic (exact) mass is 211 g/mol. The van der Waals surface area contributed by atoms with Gasteiger partial charge in [-0.2, -0.15) is 0 Å². The minimum absolute atomic E-state index is 0.145. The maximum Gasteiger partial charge on any atom is 0.325 e. The molecule has 0 aliphatic carbocycles. The van der Waals surface area contributed by atoms with Crippen LogP contribution in [0, 0.1) is 0 Å². The lowest BCUT2D eigenvalue weighted by molar-refractivity contribution is -0.138. The number of carbonyl (C=O) groups is 1. The molecule has 0 radical (unpaired) electrons. The Morgan fingerprint density at radius 3 is 2.80 bits per heavy atom. The van der Waals surface area contributed by atoms with Gasteiger partial charge in [-0.3, -0.25) is 4.79 Å². The molecule has 0 aliphatic heterocycles. The summed E-state index contributed by atoms with van der Waals surface area (Å²) in [6, 6.07) is 3.10. The fraction of sp³-hybridized carbons (Fsp3) is 0.300. The van der Waals surface area contributed by atoms with Crippen molar-refractivity contribution in [3.8, 4) is 11.5 Å². The lowest BCUT2D eigenvalue weighted by Crippen LogP contribution is -2.20. The summed E-state index contributed by atoms with van der Waals surface area (Å²) in [6.07, 6.45) is 0. The molecule has 82 valence electrons. The highest BCUT2D eigenvalue weighted by Crippen LogP contribution is 2.27. The topological polar surface area (TPSA) is 92.8 Å². The highest BCUT2D eigenvalue weighted by atomic mass is 16.5. The van der Waals surface area contributed by atoms with Gasteiger partial charge in [-0.15, -0.1) is 0 Å². The van der Waals surface area contributed by atoms with Crippen molar-refractivity contribution < 1.29 is 19.7 Å². The number of benzene rings is 1. The van der Waals surface area contributed by atoms with Crippen LogP contribution in [0.3, 0.4) is 0 Å². The molecule has 0 spiro atoms. The van der Waals surface area contributed by atoms with Gasteiger partial charge in [0, 0.05) is 5.56 Å². The molecule has 0 aromatic heterocycles. The second kappa shape index (κ2) is 4.65. The highest BCUT2D eigenvalue weighted by molar-refractivity contribution is 5.76. The van der Waals surface area contributed by atoms with Gasteiger partial charge in [-0.05, 0) is 25.1 Å². The highest BCUT2D eigenvalue weighted by Gasteiger charge is 2.18. The minimum Gasteiger partial charge on any atom is -0.508 e. The van der Waals surface area contributed by atoms with Crippen molar-refractivity contribution in [3.63, 3.8) is 0 Å². The summed E-state index contributed by atoms with van der Waals surface area (Å²) in [5.41, 5.74) is 5.54. The summed E-state index contributed by atoms with van der Waals surface area (Å²) < 4.78 is 5.17. The lowest BCUT2D eigenvalue weighted by atomic mass is 10.1. The molecule has 1 atom stereocenters. The maximum atomic E-state index is 10.6. The van der Waals surface area contributed by atoms with E-state index in [-0.39, 0.29) is 11.3 Å². The maximum absolute atomic E-state index is 10.6. The van der Waals surface area contributed by atoms with Gasteiger partial charge in [-0.25, -0.2) is 0 Å². The third-order valence-electron chi connectivity index (χ3n) is 1.91. The fourth-order valence-electron chi connectivity index (χ4n) is 1.17. The second-order valence-electron chi connectivity index (χ2n) is 2.97. The normalized spacial score (nSPS) is 12.1. The molecule has 0 saturated carbocycles. The molecule has 1 aromatic carbocycles. The number of phenols is 1. The Labute approximate surface area is 87.1 Å². The van der Waals surface area contributed by atoms with E-state index < -0.39 is 12.0 Å². The van der Waals surface area contributed by atoms with Crippen molar-refractivity contribution >= 4 is 5.97 Å². The number of nitrogens with two attached hydrogens (primary N) is 1. The van der Waals surface area contributed by atoms with E-state index >= 15 is 0 Å². The van der Waals surface area contributed by atoms with Crippen LogP contribution in [0.5, 0.6) is 11.5 Å². The van der Waals surface area contributed by atoms with Gasteiger partial charge in [0.2, 0.25) is 0 Å². The Balaban J connectivity index is 3.04. The molecule has 0 unspecified atom stereocenters. The first-order valence-electron chi connectivity index (χ1n) is 4.50. The Morgan fingerprint density at radius 2 is 2.27 bits per heavy atom. The molecular formula is C10H13NO4. The molecule has 0 aliphatic rings. The Bertz CT molecular complexity index is 364. The van der Waals surface area contributed by atoms with Crippen LogP contribution in [0.2, 0.25) is 0 Å². The molecule has 15 heavy (non-hydrogen) atoms. The Kier molecular flexibility index (Phi) is 3.51. The van der Waals surface area contributed by atoms with Crippen LogP contribution < -0.4 is 10.5 Å². The first kappa shape index (κ1) is 11.3. The lowest BCUT2D eigenvalue weighted by Gasteiger charge is -2.11. The molecule has 1 rings (SSSR count). The number of rotatable bonds is 4. The van der Waals surface area contributed by atoms with Crippen molar-refractivity contribution in [1.29, 1.82) is 0 Å². The van der Waals surface area contributed by atoms with Crippen LogP contribution in [0.4, 0.5) is 0 Å². The molecule has 4 N–H and O–H groups in total. The van der Waals surface area contributed by atoms with Gasteiger partial charge in [-0.1, -0.05) is 0 Å². The molecule has 0 fully saturated rings. The predicted molar refractivity (Wildman–Crippen MR) is 53.8 cm³/mol. The van der Waals surface area contributed by atoms with Gasteiger partial charge >= 0.3 is 5.97 Å². The third-order valence-corrected chi connectivity index (χ3v) is 1.91. The average molecular weight is 211 g/mol. The molecule has 0 heterocycles. The zero-order chi connectivity index (χ0) is 11.4. The van der Waals surface area contributed by atoms with Crippen LogP contribution in [0.15, 0.2) is 18.2 Å². The number of hydrogen-bond acceptors (Lipinski definition) is 4. The third kappa shape index (κ3) is 2.60. The van der Waals surface area contributed by atoms with Crippen molar-refractivity contribution in [2.24, 2.45) is 5.73 Å². The summed E-state index contributed by atoms with van der Waals surface area (Å²) in [5.74, 6) is -0.852. The summed E-state index contributed by atoms with van der Waals surface area (Å²) in [4.78, 5) is 10.6. The summed E-state index contributed by atoms with van der Waals surface area (Å²) in [6.45, 7) is 2.27. The van der Waals surface area contributed by atoms with Gasteiger partial charge in [0.15, 0.2) is 0 Å². The smallest absolute Gasteiger partial charge is 0.325 e. The van der Waals surface area contributed by atoms with E-state index in [2.05, 4.69) is 0 Å². The summed E-state index contributed by atoms with van der Waals surface area (Å²) in [7, 11) is 0. The van der Waals surface area contributed by atoms with E-state index in [0.717, 1.165) is 0 Å². The number of hydrogen-bond donors (Lipinski definition) is 3. The van der Waals surface area contributed by atoms with Crippen molar-refractivity contribution in [2.45, 2.75) is 13.0 Å². The second-order valence-corrected chi connectivity index (χ2v) is 2.97. The molecular weight excluding hydrogens is 198 g/mol. The van der Waals surface area contributed by atoms with Gasteiger partial charge in [0.05, 0.1) is 6.61 Å². The van der Waals surface area contributed by atoms with Crippen LogP contribution in [0.1, 0.15) is 18.5 Å². The van der Waals surface area contributed by atoms with Crippen molar-refractivity contribution in [3.05, 3.63) is 23.8 Å². The number of carboxylic acids is 1. The first-order chi connectivity index (χ1) is 7.06. The zero-order valence-corrected chi connectivity index (χ0v) is 8.30. The Hall–Kier alpha value is -1.75. The van der Waals surface area contributed by atoms with E-state index in [9.17, 15) is 9.90 Å². The minimum atomic E-state index is -1.24. The number of aromatic hydroxyl groups is 1. The number of aliphatic carboxylic acids is 1. The molecule has 1 aromatic rings. The molecule has 5 nitrogen and oxygen atoms in total. The largest absolute Gasteiger partial charge is 0.508 e. The van der Waals surface area contributed by atoms with Crippen LogP contribution in [-0.4, -0.2) is 22.8 Å². The summed E-state index contributed by atoms with van der Waals surface area (Å²) in [5, 5.41) is 18.1. The van der Waals surface area contributed by atoms with E-state index in [4.69, 9.17) is 15.6 Å². The number of phenolic OH excluding ortho intramolecular Hbond substituents is 1. The standard InChI is InChI=1S/C10H13NO4/c1-2-15-6-3-4-8(12)7(5-6)9(11)10(13)14/h3-5,9,12H,2,11H2,1H3,(H,13,14)/t9-/m0/s1. The zero-order valence-electron chi connectivity index (χ0n) is 8.30. The summed E-state index contributed by atoms with van der Waals surface area (Å²) >= 11 is 0. The van der Waals surface area contributed by atoms with Crippen molar-refractivity contribution in [2.75, 3.05) is 6.61 Å². The quantitative estimate of drug-likeness (QED) is 0.687. The predicted octanol–water partition coefficient (Wildman–Crippen LogP) is 0.875. The molecule has 0 bridgehead atoms. The van der Waals surface area contributed by atoms with E-state index in [1.165, 1.54) is 12.1 Å². The van der Waals surface area contributed by atoms with Crippen LogP contribution in [0.25, 0.3) is 0 Å². The molecule has 0 saturated heterocycles. The molecule has 5 heteroatoms. The average Bonchev–Trinajstić information content (AvgIpc) is 2.20.